The average Bonchev–Trinajstić information content (AvgIpc) is 2.68. The van der Waals surface area contributed by atoms with E-state index in [2.05, 4.69) is 39.6 Å². The summed E-state index contributed by atoms with van der Waals surface area (Å²) in [6.07, 6.45) is 5.07. The molecule has 1 aliphatic heterocycles. The van der Waals surface area contributed by atoms with Crippen molar-refractivity contribution in [3.05, 3.63) is 35.9 Å². The molecule has 3 N–H and O–H groups in total. The number of nitrogens with zero attached hydrogens (tertiary/aromatic N) is 2. The van der Waals surface area contributed by atoms with Crippen LogP contribution in [-0.4, -0.2) is 62.3 Å². The molecule has 1 unspecified atom stereocenters. The van der Waals surface area contributed by atoms with Gasteiger partial charge in [-0.25, -0.2) is 0 Å². The van der Waals surface area contributed by atoms with Gasteiger partial charge in [0.05, 0.1) is 6.61 Å². The molecule has 1 fully saturated rings. The minimum atomic E-state index is 0.0799. The van der Waals surface area contributed by atoms with Gasteiger partial charge in [-0.05, 0) is 56.8 Å². The Morgan fingerprint density at radius 3 is 2.58 bits per heavy atom. The summed E-state index contributed by atoms with van der Waals surface area (Å²) in [7, 11) is 1.79. The van der Waals surface area contributed by atoms with Crippen LogP contribution in [0.3, 0.4) is 0 Å². The van der Waals surface area contributed by atoms with Crippen molar-refractivity contribution in [2.75, 3.05) is 46.4 Å². The summed E-state index contributed by atoms with van der Waals surface area (Å²) in [6, 6.07) is 10.1. The number of piperidine rings is 1. The molecule has 0 spiro atoms. The highest BCUT2D eigenvalue weighted by atomic mass is 16.3. The largest absolute Gasteiger partial charge is 0.396 e. The molecule has 5 nitrogen and oxygen atoms in total. The summed E-state index contributed by atoms with van der Waals surface area (Å²) >= 11 is 0. The molecule has 2 rings (SSSR count). The molecule has 0 aliphatic carbocycles. The third-order valence-corrected chi connectivity index (χ3v) is 5.30. The van der Waals surface area contributed by atoms with E-state index in [1.807, 2.05) is 18.2 Å². The van der Waals surface area contributed by atoms with E-state index in [0.717, 1.165) is 30.4 Å². The number of unbranched alkanes of at least 4 members (excludes halogenated alkanes) is 1. The predicted molar refractivity (Wildman–Crippen MR) is 110 cm³/mol. The Morgan fingerprint density at radius 2 is 1.92 bits per heavy atom. The lowest BCUT2D eigenvalue weighted by Gasteiger charge is -2.30. The molecule has 1 aromatic carbocycles. The summed E-state index contributed by atoms with van der Waals surface area (Å²) in [6.45, 7) is 7.83. The van der Waals surface area contributed by atoms with Gasteiger partial charge in [0, 0.05) is 26.1 Å². The fourth-order valence-electron chi connectivity index (χ4n) is 3.41. The number of aliphatic hydroxyl groups is 1. The maximum Gasteiger partial charge on any atom is 0.190 e. The number of rotatable bonds is 9. The highest BCUT2D eigenvalue weighted by Crippen LogP contribution is 2.16. The molecule has 1 atom stereocenters. The number of aliphatic hydroxyl groups excluding tert-OH is 1. The molecule has 0 saturated carbocycles. The van der Waals surface area contributed by atoms with Gasteiger partial charge in [-0.15, -0.1) is 0 Å². The molecule has 0 aromatic heterocycles. The van der Waals surface area contributed by atoms with E-state index in [1.165, 1.54) is 38.9 Å². The smallest absolute Gasteiger partial charge is 0.190 e. The van der Waals surface area contributed by atoms with Crippen LogP contribution in [0.25, 0.3) is 0 Å². The number of aliphatic imine (C=N–C) groups is 1. The summed E-state index contributed by atoms with van der Waals surface area (Å²) in [5.74, 6) is 1.79. The number of guanidine groups is 1. The Labute approximate surface area is 158 Å². The fourth-order valence-corrected chi connectivity index (χ4v) is 3.41. The SMILES string of the molecule is CN=C(NCCCCN1CCC(C)CC1)NCC(CO)c1ccccc1. The zero-order valence-corrected chi connectivity index (χ0v) is 16.5. The topological polar surface area (TPSA) is 59.9 Å². The molecule has 146 valence electrons. The lowest BCUT2D eigenvalue weighted by molar-refractivity contribution is 0.189. The van der Waals surface area contributed by atoms with Crippen molar-refractivity contribution in [1.29, 1.82) is 0 Å². The van der Waals surface area contributed by atoms with Crippen LogP contribution >= 0.6 is 0 Å². The lowest BCUT2D eigenvalue weighted by Crippen LogP contribution is -2.40. The Kier molecular flexibility index (Phi) is 9.50. The molecule has 0 radical (unpaired) electrons. The van der Waals surface area contributed by atoms with Crippen LogP contribution in [0.2, 0.25) is 0 Å². The van der Waals surface area contributed by atoms with Crippen molar-refractivity contribution in [2.24, 2.45) is 10.9 Å². The second kappa shape index (κ2) is 11.9. The summed E-state index contributed by atoms with van der Waals surface area (Å²) < 4.78 is 0. The monoisotopic (exact) mass is 360 g/mol. The first kappa shape index (κ1) is 20.7. The van der Waals surface area contributed by atoms with Crippen molar-refractivity contribution >= 4 is 5.96 Å². The van der Waals surface area contributed by atoms with E-state index >= 15 is 0 Å². The molecule has 5 heteroatoms. The minimum absolute atomic E-state index is 0.0799. The molecule has 1 aromatic rings. The number of nitrogens with one attached hydrogen (secondary N) is 2. The molecule has 1 aliphatic rings. The van der Waals surface area contributed by atoms with Crippen molar-refractivity contribution in [3.8, 4) is 0 Å². The molecule has 0 amide bonds. The van der Waals surface area contributed by atoms with Crippen LogP contribution in [0.15, 0.2) is 35.3 Å². The van der Waals surface area contributed by atoms with Crippen LogP contribution in [0.4, 0.5) is 0 Å². The predicted octanol–water partition coefficient (Wildman–Crippen LogP) is 2.44. The molecule has 0 bridgehead atoms. The fraction of sp³-hybridized carbons (Fsp3) is 0.667. The number of likely N-dealkylation sites (tertiary alicyclic amines) is 1. The number of hydrogen-bond acceptors (Lipinski definition) is 3. The van der Waals surface area contributed by atoms with E-state index in [1.54, 1.807) is 7.05 Å². The lowest BCUT2D eigenvalue weighted by atomic mass is 9.99. The Bertz CT molecular complexity index is 512. The van der Waals surface area contributed by atoms with E-state index < -0.39 is 0 Å². The maximum absolute atomic E-state index is 9.65. The van der Waals surface area contributed by atoms with Crippen LogP contribution in [0.1, 0.15) is 44.1 Å². The quantitative estimate of drug-likeness (QED) is 0.360. The van der Waals surface area contributed by atoms with Gasteiger partial charge >= 0.3 is 0 Å². The van der Waals surface area contributed by atoms with Gasteiger partial charge in [-0.3, -0.25) is 4.99 Å². The van der Waals surface area contributed by atoms with Crippen LogP contribution in [0, 0.1) is 5.92 Å². The summed E-state index contributed by atoms with van der Waals surface area (Å²) in [4.78, 5) is 6.88. The average molecular weight is 361 g/mol. The van der Waals surface area contributed by atoms with E-state index in [9.17, 15) is 5.11 Å². The normalized spacial score (nSPS) is 17.9. The van der Waals surface area contributed by atoms with Crippen LogP contribution < -0.4 is 10.6 Å². The van der Waals surface area contributed by atoms with E-state index in [4.69, 9.17) is 0 Å². The van der Waals surface area contributed by atoms with Gasteiger partial charge in [0.1, 0.15) is 0 Å². The minimum Gasteiger partial charge on any atom is -0.396 e. The molecule has 1 saturated heterocycles. The third-order valence-electron chi connectivity index (χ3n) is 5.30. The van der Waals surface area contributed by atoms with Crippen LogP contribution in [-0.2, 0) is 0 Å². The molecular formula is C21H36N4O. The van der Waals surface area contributed by atoms with Gasteiger partial charge in [-0.2, -0.15) is 0 Å². The van der Waals surface area contributed by atoms with Gasteiger partial charge in [0.25, 0.3) is 0 Å². The van der Waals surface area contributed by atoms with Gasteiger partial charge in [0.2, 0.25) is 0 Å². The zero-order valence-electron chi connectivity index (χ0n) is 16.5. The summed E-state index contributed by atoms with van der Waals surface area (Å²) in [5, 5.41) is 16.4. The Balaban J connectivity index is 1.60. The Morgan fingerprint density at radius 1 is 1.19 bits per heavy atom. The third kappa shape index (κ3) is 7.34. The maximum atomic E-state index is 9.65. The molecule has 1 heterocycles. The standard InChI is InChI=1S/C21H36N4O/c1-18-10-14-25(15-11-18)13-7-6-12-23-21(22-2)24-16-20(17-26)19-8-4-3-5-9-19/h3-5,8-9,18,20,26H,6-7,10-17H2,1-2H3,(H2,22,23,24). The van der Waals surface area contributed by atoms with Crippen LogP contribution in [0.5, 0.6) is 0 Å². The number of hydrogen-bond donors (Lipinski definition) is 3. The van der Waals surface area contributed by atoms with Crippen molar-refractivity contribution < 1.29 is 5.11 Å². The number of benzene rings is 1. The summed E-state index contributed by atoms with van der Waals surface area (Å²) in [5.41, 5.74) is 1.15. The van der Waals surface area contributed by atoms with Crippen molar-refractivity contribution in [2.45, 2.75) is 38.5 Å². The first-order valence-corrected chi connectivity index (χ1v) is 10.1. The molecule has 26 heavy (non-hydrogen) atoms. The highest BCUT2D eigenvalue weighted by molar-refractivity contribution is 5.79. The highest BCUT2D eigenvalue weighted by Gasteiger charge is 2.14. The van der Waals surface area contributed by atoms with Crippen molar-refractivity contribution in [1.82, 2.24) is 15.5 Å². The van der Waals surface area contributed by atoms with Crippen molar-refractivity contribution in [3.63, 3.8) is 0 Å². The zero-order chi connectivity index (χ0) is 18.6. The second-order valence-electron chi connectivity index (χ2n) is 7.40. The second-order valence-corrected chi connectivity index (χ2v) is 7.40. The first-order valence-electron chi connectivity index (χ1n) is 10.1. The molecular weight excluding hydrogens is 324 g/mol. The van der Waals surface area contributed by atoms with Gasteiger partial charge in [0.15, 0.2) is 5.96 Å². The van der Waals surface area contributed by atoms with Gasteiger partial charge < -0.3 is 20.6 Å². The Hall–Kier alpha value is -1.59. The van der Waals surface area contributed by atoms with E-state index in [0.29, 0.717) is 6.54 Å². The van der Waals surface area contributed by atoms with E-state index in [-0.39, 0.29) is 12.5 Å². The van der Waals surface area contributed by atoms with Gasteiger partial charge in [-0.1, -0.05) is 37.3 Å². The first-order chi connectivity index (χ1) is 12.7.